The molecule has 0 spiro atoms. The van der Waals surface area contributed by atoms with Gasteiger partial charge in [-0.05, 0) is 205 Å². The Morgan fingerprint density at radius 1 is 0.349 bits per heavy atom. The summed E-state index contributed by atoms with van der Waals surface area (Å²) in [5, 5.41) is 35.6. The topological polar surface area (TPSA) is 166 Å². The van der Waals surface area contributed by atoms with Crippen LogP contribution in [-0.4, -0.2) is 15.3 Å². The molecule has 0 saturated heterocycles. The average molecular weight is 850 g/mol. The molecule has 12 aliphatic carbocycles. The van der Waals surface area contributed by atoms with E-state index in [4.69, 9.17) is 31.4 Å². The summed E-state index contributed by atoms with van der Waals surface area (Å²) in [6.45, 7) is 0. The lowest BCUT2D eigenvalue weighted by Crippen LogP contribution is -2.52. The molecule has 0 heterocycles. The Balaban J connectivity index is 1.20. The number of phenols is 3. The molecule has 9 N–H and O–H groups in total. The summed E-state index contributed by atoms with van der Waals surface area (Å²) >= 11 is 0. The highest BCUT2D eigenvalue weighted by molar-refractivity contribution is 5.74. The first-order valence-electron chi connectivity index (χ1n) is 24.4. The monoisotopic (exact) mass is 849 g/mol. The second kappa shape index (κ2) is 13.6. The minimum absolute atomic E-state index is 0.0810. The number of nitrogens with two attached hydrogens (primary N) is 3. The van der Waals surface area contributed by atoms with E-state index in [-0.39, 0.29) is 50.6 Å². The van der Waals surface area contributed by atoms with Crippen LogP contribution in [0.4, 0.5) is 17.1 Å². The molecule has 63 heavy (non-hydrogen) atoms. The summed E-state index contributed by atoms with van der Waals surface area (Å²) in [6, 6.07) is 16.2. The van der Waals surface area contributed by atoms with Gasteiger partial charge >= 0.3 is 0 Å². The van der Waals surface area contributed by atoms with Crippen LogP contribution in [0.5, 0.6) is 51.7 Å². The summed E-state index contributed by atoms with van der Waals surface area (Å²) in [5.74, 6) is 8.28. The molecule has 0 aromatic heterocycles. The van der Waals surface area contributed by atoms with Crippen molar-refractivity contribution in [1.82, 2.24) is 0 Å². The Labute approximate surface area is 370 Å². The lowest BCUT2D eigenvalue weighted by molar-refractivity contribution is -0.0153. The van der Waals surface area contributed by atoms with E-state index >= 15 is 0 Å². The van der Waals surface area contributed by atoms with Crippen LogP contribution >= 0.6 is 0 Å². The maximum absolute atomic E-state index is 11.9. The molecule has 0 atom stereocenters. The van der Waals surface area contributed by atoms with Crippen molar-refractivity contribution in [2.45, 2.75) is 132 Å². The zero-order chi connectivity index (χ0) is 42.6. The third-order valence-corrected chi connectivity index (χ3v) is 18.8. The Morgan fingerprint density at radius 2 is 0.556 bits per heavy atom. The van der Waals surface area contributed by atoms with Gasteiger partial charge in [0.2, 0.25) is 0 Å². The standard InChI is InChI=1S/C54H63N3O6/c55-37-4-1-7-40(46(37)58)61-49-43(52-19-28-10-29(20-52)12-30(11-28)21-52)50(62-41-8-2-5-38(56)47(41)59)45(54-25-34-16-35(26-54)18-36(17-34)27-54)51(63-42-9-3-6-39(57)48(42)60)44(49)53-22-31-13-32(23-53)15-33(14-31)24-53/h1-9,28-36,58-60H,10-27,55-57H2. The fourth-order valence-corrected chi connectivity index (χ4v) is 17.9. The number of hydrogen-bond donors (Lipinski definition) is 6. The fourth-order valence-electron chi connectivity index (χ4n) is 17.9. The molecule has 12 aliphatic rings. The van der Waals surface area contributed by atoms with Gasteiger partial charge in [0.05, 0.1) is 17.1 Å². The molecule has 0 aliphatic heterocycles. The molecule has 9 nitrogen and oxygen atoms in total. The highest BCUT2D eigenvalue weighted by Gasteiger charge is 2.62. The van der Waals surface area contributed by atoms with E-state index in [1.807, 2.05) is 36.4 Å². The van der Waals surface area contributed by atoms with Gasteiger partial charge in [0.1, 0.15) is 17.2 Å². The first-order valence-corrected chi connectivity index (χ1v) is 24.4. The summed E-state index contributed by atoms with van der Waals surface area (Å²) in [7, 11) is 0. The minimum Gasteiger partial charge on any atom is -0.503 e. The van der Waals surface area contributed by atoms with Crippen LogP contribution in [0, 0.1) is 53.3 Å². The third kappa shape index (κ3) is 5.85. The van der Waals surface area contributed by atoms with E-state index in [0.29, 0.717) is 70.5 Å². The second-order valence-corrected chi connectivity index (χ2v) is 23.1. The van der Waals surface area contributed by atoms with Crippen LogP contribution in [0.25, 0.3) is 0 Å². The van der Waals surface area contributed by atoms with Crippen LogP contribution in [0.3, 0.4) is 0 Å². The number of hydrogen-bond acceptors (Lipinski definition) is 9. The largest absolute Gasteiger partial charge is 0.503 e. The number of aromatic hydroxyl groups is 3. The summed E-state index contributed by atoms with van der Waals surface area (Å²) in [4.78, 5) is 0. The first-order chi connectivity index (χ1) is 30.4. The van der Waals surface area contributed by atoms with Gasteiger partial charge in [0, 0.05) is 32.9 Å². The van der Waals surface area contributed by atoms with Crippen molar-refractivity contribution in [2.24, 2.45) is 53.3 Å². The van der Waals surface area contributed by atoms with E-state index in [9.17, 15) is 15.3 Å². The molecule has 0 unspecified atom stereocenters. The number of rotatable bonds is 9. The van der Waals surface area contributed by atoms with Crippen molar-refractivity contribution < 1.29 is 29.5 Å². The molecule has 12 fully saturated rings. The number of nitrogen functional groups attached to an aromatic ring is 3. The number of anilines is 3. The lowest BCUT2D eigenvalue weighted by atomic mass is 9.44. The molecule has 0 amide bonds. The van der Waals surface area contributed by atoms with Crippen molar-refractivity contribution in [3.05, 3.63) is 71.3 Å². The lowest BCUT2D eigenvalue weighted by Gasteiger charge is -2.61. The number of para-hydroxylation sites is 3. The van der Waals surface area contributed by atoms with Gasteiger partial charge in [0.25, 0.3) is 0 Å². The van der Waals surface area contributed by atoms with Gasteiger partial charge in [-0.3, -0.25) is 0 Å². The molecule has 16 rings (SSSR count). The van der Waals surface area contributed by atoms with Crippen LogP contribution < -0.4 is 31.4 Å². The smallest absolute Gasteiger partial charge is 0.181 e. The van der Waals surface area contributed by atoms with Crippen LogP contribution in [0.1, 0.15) is 132 Å². The highest BCUT2D eigenvalue weighted by atomic mass is 16.5. The Morgan fingerprint density at radius 3 is 0.762 bits per heavy atom. The van der Waals surface area contributed by atoms with E-state index in [0.717, 1.165) is 91.7 Å². The van der Waals surface area contributed by atoms with E-state index < -0.39 is 0 Å². The quantitative estimate of drug-likeness (QED) is 0.0710. The predicted molar refractivity (Wildman–Crippen MR) is 244 cm³/mol. The second-order valence-electron chi connectivity index (χ2n) is 23.1. The van der Waals surface area contributed by atoms with Gasteiger partial charge in [-0.2, -0.15) is 0 Å². The summed E-state index contributed by atoms with van der Waals surface area (Å²) in [5.41, 5.74) is 22.7. The SMILES string of the molecule is Nc1cccc(Oc2c(C34CC5CC(CC(C5)C3)C4)c(Oc3cccc(N)c3O)c(C34CC5CC(CC(C5)C3)C4)c(Oc3cccc(N)c3O)c2C23CC4CC(CC(C4)C2)C3)c1O. The molecule has 12 bridgehead atoms. The maximum atomic E-state index is 11.9. The Bertz CT molecular complexity index is 2150. The molecule has 4 aromatic rings. The van der Waals surface area contributed by atoms with Crippen molar-refractivity contribution in [3.63, 3.8) is 0 Å². The van der Waals surface area contributed by atoms with Gasteiger partial charge in [-0.15, -0.1) is 0 Å². The maximum Gasteiger partial charge on any atom is 0.181 e. The zero-order valence-corrected chi connectivity index (χ0v) is 36.4. The van der Waals surface area contributed by atoms with Gasteiger partial charge in [-0.1, -0.05) is 18.2 Å². The number of benzene rings is 4. The summed E-state index contributed by atoms with van der Waals surface area (Å²) in [6.07, 6.45) is 20.7. The zero-order valence-electron chi connectivity index (χ0n) is 36.4. The summed E-state index contributed by atoms with van der Waals surface area (Å²) < 4.78 is 22.8. The first kappa shape index (κ1) is 38.5. The van der Waals surface area contributed by atoms with Gasteiger partial charge in [-0.25, -0.2) is 0 Å². The molecular weight excluding hydrogens is 787 g/mol. The fraction of sp³-hybridized carbons (Fsp3) is 0.556. The predicted octanol–water partition coefficient (Wildman–Crippen LogP) is 12.3. The highest BCUT2D eigenvalue weighted by Crippen LogP contribution is 2.73. The van der Waals surface area contributed by atoms with Crippen LogP contribution in [0.15, 0.2) is 54.6 Å². The molecule has 9 heteroatoms. The van der Waals surface area contributed by atoms with Crippen molar-refractivity contribution >= 4 is 17.1 Å². The Kier molecular flexibility index (Phi) is 8.29. The van der Waals surface area contributed by atoms with E-state index in [1.165, 1.54) is 57.8 Å². The number of phenolic OH excluding ortho intramolecular Hbond substituents is 3. The molecular formula is C54H63N3O6. The van der Waals surface area contributed by atoms with Crippen LogP contribution in [0.2, 0.25) is 0 Å². The number of ether oxygens (including phenoxy) is 3. The molecule has 12 saturated carbocycles. The minimum atomic E-state index is -0.281. The van der Waals surface area contributed by atoms with E-state index in [1.54, 1.807) is 18.2 Å². The van der Waals surface area contributed by atoms with E-state index in [2.05, 4.69) is 0 Å². The molecule has 330 valence electrons. The average Bonchev–Trinajstić information content (AvgIpc) is 3.21. The molecule has 4 aromatic carbocycles. The van der Waals surface area contributed by atoms with Crippen LogP contribution in [-0.2, 0) is 16.2 Å². The van der Waals surface area contributed by atoms with Gasteiger partial charge in [0.15, 0.2) is 34.5 Å². The van der Waals surface area contributed by atoms with Crippen molar-refractivity contribution in [2.75, 3.05) is 17.2 Å². The Hall–Kier alpha value is -4.92. The van der Waals surface area contributed by atoms with Gasteiger partial charge < -0.3 is 46.7 Å². The normalized spacial score (nSPS) is 37.4. The third-order valence-electron chi connectivity index (χ3n) is 18.8. The van der Waals surface area contributed by atoms with Crippen molar-refractivity contribution in [3.8, 4) is 51.7 Å². The molecule has 0 radical (unpaired) electrons. The van der Waals surface area contributed by atoms with Crippen molar-refractivity contribution in [1.29, 1.82) is 0 Å².